The number of hydrogen-bond donors (Lipinski definition) is 0. The lowest BCUT2D eigenvalue weighted by atomic mass is 9.93. The van der Waals surface area contributed by atoms with Gasteiger partial charge in [0.2, 0.25) is 0 Å². The number of thiazole rings is 1. The van der Waals surface area contributed by atoms with Crippen LogP contribution in [0.25, 0.3) is 22.7 Å². The van der Waals surface area contributed by atoms with E-state index in [1.807, 2.05) is 95.7 Å². The van der Waals surface area contributed by atoms with Crippen LogP contribution in [0.4, 0.5) is 0 Å². The maximum Gasteiger partial charge on any atom is 0.338 e. The molecule has 0 saturated heterocycles. The quantitative estimate of drug-likeness (QED) is 0.268. The smallest absolute Gasteiger partial charge is 0.338 e. The van der Waals surface area contributed by atoms with E-state index in [0.717, 1.165) is 22.0 Å². The molecular weight excluding hydrogens is 548 g/mol. The van der Waals surface area contributed by atoms with Crippen LogP contribution in [-0.2, 0) is 16.1 Å². The zero-order valence-electron chi connectivity index (χ0n) is 23.0. The number of nitriles is 1. The summed E-state index contributed by atoms with van der Waals surface area (Å²) in [4.78, 5) is 33.2. The number of benzene rings is 3. The Morgan fingerprint density at radius 2 is 1.88 bits per heavy atom. The molecule has 1 aliphatic rings. The summed E-state index contributed by atoms with van der Waals surface area (Å²) in [5.41, 5.74) is 3.61. The molecule has 0 spiro atoms. The summed E-state index contributed by atoms with van der Waals surface area (Å²) < 4.78 is 14.9. The van der Waals surface area contributed by atoms with Crippen molar-refractivity contribution >= 4 is 40.0 Å². The molecule has 2 aromatic heterocycles. The highest BCUT2D eigenvalue weighted by molar-refractivity contribution is 7.07. The lowest BCUT2D eigenvalue weighted by Gasteiger charge is -2.26. The number of methoxy groups -OCH3 is 1. The summed E-state index contributed by atoms with van der Waals surface area (Å²) in [6.07, 6.45) is 3.71. The Bertz CT molecular complexity index is 2080. The Labute approximate surface area is 245 Å². The normalized spacial score (nSPS) is 14.8. The van der Waals surface area contributed by atoms with Crippen molar-refractivity contribution in [2.75, 3.05) is 13.7 Å². The average molecular weight is 575 g/mol. The summed E-state index contributed by atoms with van der Waals surface area (Å²) in [5.74, 6) is 0.0585. The molecule has 0 N–H and O–H groups in total. The lowest BCUT2D eigenvalue weighted by molar-refractivity contribution is -0.138. The van der Waals surface area contributed by atoms with E-state index in [0.29, 0.717) is 26.3 Å². The summed E-state index contributed by atoms with van der Waals surface area (Å²) in [5, 5.41) is 10.3. The first kappa shape index (κ1) is 27.0. The first-order chi connectivity index (χ1) is 20.5. The van der Waals surface area contributed by atoms with Gasteiger partial charge in [-0.1, -0.05) is 72.0 Å². The van der Waals surface area contributed by atoms with Crippen molar-refractivity contribution in [3.8, 4) is 11.8 Å². The average Bonchev–Trinajstić information content (AvgIpc) is 3.53. The number of aromatic nitrogens is 2. The molecule has 0 fully saturated rings. The number of hydrogen-bond acceptors (Lipinski definition) is 7. The third-order valence-electron chi connectivity index (χ3n) is 7.13. The maximum absolute atomic E-state index is 14.2. The van der Waals surface area contributed by atoms with E-state index in [2.05, 4.69) is 6.07 Å². The fraction of sp³-hybridized carbons (Fsp3) is 0.152. The summed E-state index contributed by atoms with van der Waals surface area (Å²) in [6, 6.07) is 25.9. The van der Waals surface area contributed by atoms with E-state index < -0.39 is 12.0 Å². The van der Waals surface area contributed by atoms with Crippen molar-refractivity contribution < 1.29 is 14.3 Å². The topological polar surface area (TPSA) is 98.6 Å². The Hall–Kier alpha value is -5.20. The highest BCUT2D eigenvalue weighted by Crippen LogP contribution is 2.36. The van der Waals surface area contributed by atoms with E-state index >= 15 is 0 Å². The molecule has 0 radical (unpaired) electrons. The van der Waals surface area contributed by atoms with Crippen molar-refractivity contribution in [3.63, 3.8) is 0 Å². The molecule has 3 aromatic carbocycles. The lowest BCUT2D eigenvalue weighted by Crippen LogP contribution is -2.40. The number of carbonyl (C=O) groups excluding carboxylic acids is 1. The minimum Gasteiger partial charge on any atom is -0.497 e. The van der Waals surface area contributed by atoms with Gasteiger partial charge in [-0.2, -0.15) is 5.26 Å². The van der Waals surface area contributed by atoms with Crippen LogP contribution in [0.15, 0.2) is 100 Å². The molecule has 6 rings (SSSR count). The number of rotatable bonds is 7. The monoisotopic (exact) mass is 574 g/mol. The Morgan fingerprint density at radius 1 is 1.10 bits per heavy atom. The number of esters is 1. The van der Waals surface area contributed by atoms with Gasteiger partial charge in [0.05, 0.1) is 41.6 Å². The van der Waals surface area contributed by atoms with Gasteiger partial charge in [-0.15, -0.1) is 0 Å². The molecule has 42 heavy (non-hydrogen) atoms. The Morgan fingerprint density at radius 3 is 2.64 bits per heavy atom. The van der Waals surface area contributed by atoms with Gasteiger partial charge in [0.15, 0.2) is 4.80 Å². The Balaban J connectivity index is 1.65. The zero-order valence-corrected chi connectivity index (χ0v) is 23.8. The number of nitrogens with zero attached hydrogens (tertiary/aromatic N) is 4. The molecule has 1 atom stereocenters. The van der Waals surface area contributed by atoms with Gasteiger partial charge in [-0.05, 0) is 36.8 Å². The highest BCUT2D eigenvalue weighted by Gasteiger charge is 2.35. The molecule has 8 nitrogen and oxygen atoms in total. The molecule has 1 unspecified atom stereocenters. The van der Waals surface area contributed by atoms with Gasteiger partial charge >= 0.3 is 5.97 Å². The van der Waals surface area contributed by atoms with Gasteiger partial charge in [0.1, 0.15) is 12.3 Å². The van der Waals surface area contributed by atoms with Crippen LogP contribution in [0, 0.1) is 11.3 Å². The van der Waals surface area contributed by atoms with Crippen LogP contribution in [0.5, 0.6) is 5.75 Å². The summed E-state index contributed by atoms with van der Waals surface area (Å²) >= 11 is 1.26. The van der Waals surface area contributed by atoms with Crippen LogP contribution >= 0.6 is 11.3 Å². The van der Waals surface area contributed by atoms with E-state index in [9.17, 15) is 14.9 Å². The van der Waals surface area contributed by atoms with E-state index in [1.54, 1.807) is 18.6 Å². The van der Waals surface area contributed by atoms with Crippen LogP contribution in [-0.4, -0.2) is 28.8 Å². The predicted octanol–water partition coefficient (Wildman–Crippen LogP) is 4.42. The zero-order chi connectivity index (χ0) is 29.2. The molecule has 0 saturated carbocycles. The fourth-order valence-electron chi connectivity index (χ4n) is 5.31. The summed E-state index contributed by atoms with van der Waals surface area (Å²) in [7, 11) is 1.57. The Kier molecular flexibility index (Phi) is 7.30. The highest BCUT2D eigenvalue weighted by atomic mass is 32.1. The maximum atomic E-state index is 14.2. The molecule has 0 bridgehead atoms. The van der Waals surface area contributed by atoms with Crippen molar-refractivity contribution in [1.82, 2.24) is 9.13 Å². The second-order valence-corrected chi connectivity index (χ2v) is 10.6. The van der Waals surface area contributed by atoms with Crippen molar-refractivity contribution in [3.05, 3.63) is 127 Å². The van der Waals surface area contributed by atoms with E-state index in [4.69, 9.17) is 14.5 Å². The van der Waals surface area contributed by atoms with Crippen LogP contribution in [0.1, 0.15) is 29.7 Å². The van der Waals surface area contributed by atoms with E-state index in [1.165, 1.54) is 11.3 Å². The molecule has 208 valence electrons. The SMILES string of the molecule is CCOC(=O)C1=C(c2ccccc2)N=c2s/c(=C\c3cn(CC#N)c4ccccc34)c(=O)n2C1c1cccc(OC)c1. The number of carbonyl (C=O) groups is 1. The standard InChI is InChI=1S/C33H26N4O4S/c1-3-41-32(39)28-29(21-10-5-4-6-11-21)35-33-37(30(28)22-12-9-13-24(18-22)40-2)31(38)27(42-33)19-23-20-36(17-16-34)26-15-8-7-14-25(23)26/h4-15,18-20,30H,3,17H2,1-2H3/b27-19-. The van der Waals surface area contributed by atoms with Gasteiger partial charge in [0.25, 0.3) is 5.56 Å². The minimum absolute atomic E-state index is 0.173. The second kappa shape index (κ2) is 11.4. The minimum atomic E-state index is -0.798. The molecule has 5 aromatic rings. The first-order valence-corrected chi connectivity index (χ1v) is 14.2. The molecular formula is C33H26N4O4S. The number of fused-ring (bicyclic) bond motifs is 2. The van der Waals surface area contributed by atoms with Gasteiger partial charge in [-0.3, -0.25) is 9.36 Å². The van der Waals surface area contributed by atoms with Gasteiger partial charge < -0.3 is 14.0 Å². The van der Waals surface area contributed by atoms with Crippen LogP contribution in [0.2, 0.25) is 0 Å². The largest absolute Gasteiger partial charge is 0.497 e. The van der Waals surface area contributed by atoms with Crippen molar-refractivity contribution in [2.24, 2.45) is 4.99 Å². The fourth-order valence-corrected chi connectivity index (χ4v) is 6.30. The van der Waals surface area contributed by atoms with Crippen molar-refractivity contribution in [2.45, 2.75) is 19.5 Å². The first-order valence-electron chi connectivity index (χ1n) is 13.4. The van der Waals surface area contributed by atoms with Gasteiger partial charge in [0, 0.05) is 28.2 Å². The molecule has 9 heteroatoms. The van der Waals surface area contributed by atoms with Crippen molar-refractivity contribution in [1.29, 1.82) is 5.26 Å². The third kappa shape index (κ3) is 4.72. The molecule has 0 amide bonds. The third-order valence-corrected chi connectivity index (χ3v) is 8.11. The van der Waals surface area contributed by atoms with Crippen LogP contribution in [0.3, 0.4) is 0 Å². The molecule has 1 aliphatic heterocycles. The number of para-hydroxylation sites is 1. The molecule has 0 aliphatic carbocycles. The van der Waals surface area contributed by atoms with E-state index in [-0.39, 0.29) is 24.3 Å². The summed E-state index contributed by atoms with van der Waals surface area (Å²) in [6.45, 7) is 2.11. The van der Waals surface area contributed by atoms with Gasteiger partial charge in [-0.25, -0.2) is 9.79 Å². The second-order valence-electron chi connectivity index (χ2n) is 9.60. The molecule has 3 heterocycles. The van der Waals surface area contributed by atoms with Crippen LogP contribution < -0.4 is 19.6 Å². The number of ether oxygens (including phenoxy) is 2. The predicted molar refractivity (Wildman–Crippen MR) is 162 cm³/mol.